The molecule has 0 spiro atoms. The third-order valence-electron chi connectivity index (χ3n) is 2.92. The third kappa shape index (κ3) is 2.75. The predicted molar refractivity (Wildman–Crippen MR) is 76.9 cm³/mol. The molecule has 1 aromatic carbocycles. The summed E-state index contributed by atoms with van der Waals surface area (Å²) < 4.78 is 6.62. The molecule has 2 rings (SSSR count). The molecule has 0 aliphatic rings. The quantitative estimate of drug-likeness (QED) is 0.919. The standard InChI is InChI=1S/C14H17BrN2O/c1-8-5-9(2)14(12(15)6-8)16-7-13-17-10(3)11(4)18-13/h5-6,16H,7H2,1-4H3. The summed E-state index contributed by atoms with van der Waals surface area (Å²) in [7, 11) is 0. The summed E-state index contributed by atoms with van der Waals surface area (Å²) in [5, 5.41) is 3.36. The van der Waals surface area contributed by atoms with Crippen LogP contribution in [0.4, 0.5) is 5.69 Å². The first kappa shape index (κ1) is 13.1. The van der Waals surface area contributed by atoms with Gasteiger partial charge in [-0.05, 0) is 60.8 Å². The Morgan fingerprint density at radius 3 is 2.50 bits per heavy atom. The molecule has 0 saturated carbocycles. The number of hydrogen-bond acceptors (Lipinski definition) is 3. The van der Waals surface area contributed by atoms with Gasteiger partial charge in [0.15, 0.2) is 0 Å². The normalized spacial score (nSPS) is 10.7. The number of nitrogens with one attached hydrogen (secondary N) is 1. The van der Waals surface area contributed by atoms with Crippen molar-refractivity contribution in [3.63, 3.8) is 0 Å². The van der Waals surface area contributed by atoms with E-state index in [9.17, 15) is 0 Å². The van der Waals surface area contributed by atoms with E-state index >= 15 is 0 Å². The zero-order valence-corrected chi connectivity index (χ0v) is 12.7. The number of rotatable bonds is 3. The van der Waals surface area contributed by atoms with Gasteiger partial charge in [-0.3, -0.25) is 0 Å². The van der Waals surface area contributed by atoms with Gasteiger partial charge in [0, 0.05) is 4.47 Å². The van der Waals surface area contributed by atoms with Crippen molar-refractivity contribution in [1.82, 2.24) is 4.98 Å². The number of nitrogens with zero attached hydrogens (tertiary/aromatic N) is 1. The fourth-order valence-corrected chi connectivity index (χ4v) is 2.73. The average molecular weight is 309 g/mol. The van der Waals surface area contributed by atoms with E-state index in [4.69, 9.17) is 4.42 Å². The minimum absolute atomic E-state index is 0.594. The summed E-state index contributed by atoms with van der Waals surface area (Å²) in [4.78, 5) is 4.36. The van der Waals surface area contributed by atoms with Crippen molar-refractivity contribution in [2.75, 3.05) is 5.32 Å². The summed E-state index contributed by atoms with van der Waals surface area (Å²) in [5.74, 6) is 1.60. The van der Waals surface area contributed by atoms with Crippen molar-refractivity contribution in [2.45, 2.75) is 34.2 Å². The van der Waals surface area contributed by atoms with Crippen LogP contribution in [-0.4, -0.2) is 4.98 Å². The predicted octanol–water partition coefficient (Wildman–Crippen LogP) is 4.28. The molecule has 0 unspecified atom stereocenters. The Morgan fingerprint density at radius 1 is 1.22 bits per heavy atom. The first-order valence-electron chi connectivity index (χ1n) is 5.91. The first-order valence-corrected chi connectivity index (χ1v) is 6.70. The number of aromatic nitrogens is 1. The van der Waals surface area contributed by atoms with Crippen molar-refractivity contribution in [3.8, 4) is 0 Å². The molecule has 1 heterocycles. The summed E-state index contributed by atoms with van der Waals surface area (Å²) in [6.07, 6.45) is 0. The van der Waals surface area contributed by atoms with Gasteiger partial charge in [0.25, 0.3) is 0 Å². The second-order valence-corrected chi connectivity index (χ2v) is 5.40. The molecule has 3 nitrogen and oxygen atoms in total. The minimum atomic E-state index is 0.594. The molecular weight excluding hydrogens is 292 g/mol. The second kappa shape index (κ2) is 5.14. The van der Waals surface area contributed by atoms with Crippen LogP contribution >= 0.6 is 15.9 Å². The SMILES string of the molecule is Cc1cc(C)c(NCc2nc(C)c(C)o2)c(Br)c1. The molecule has 1 N–H and O–H groups in total. The Bertz CT molecular complexity index is 533. The fraction of sp³-hybridized carbons (Fsp3) is 0.357. The molecule has 96 valence electrons. The fourth-order valence-electron chi connectivity index (χ4n) is 1.92. The highest BCUT2D eigenvalue weighted by atomic mass is 79.9. The highest BCUT2D eigenvalue weighted by molar-refractivity contribution is 9.10. The number of anilines is 1. The molecule has 0 atom stereocenters. The molecule has 0 saturated heterocycles. The topological polar surface area (TPSA) is 38.1 Å². The first-order chi connectivity index (χ1) is 8.47. The lowest BCUT2D eigenvalue weighted by Crippen LogP contribution is -2.02. The number of oxazole rings is 1. The van der Waals surface area contributed by atoms with E-state index in [0.29, 0.717) is 6.54 Å². The van der Waals surface area contributed by atoms with Gasteiger partial charge in [-0.1, -0.05) is 6.07 Å². The lowest BCUT2D eigenvalue weighted by molar-refractivity contribution is 0.478. The van der Waals surface area contributed by atoms with Crippen LogP contribution in [0.3, 0.4) is 0 Å². The molecule has 4 heteroatoms. The Balaban J connectivity index is 2.15. The number of hydrogen-bond donors (Lipinski definition) is 1. The molecule has 0 aliphatic heterocycles. The van der Waals surface area contributed by atoms with Crippen LogP contribution in [0.1, 0.15) is 28.5 Å². The van der Waals surface area contributed by atoms with Gasteiger partial charge in [-0.25, -0.2) is 4.98 Å². The van der Waals surface area contributed by atoms with Crippen molar-refractivity contribution in [2.24, 2.45) is 0 Å². The van der Waals surface area contributed by atoms with Gasteiger partial charge in [-0.15, -0.1) is 0 Å². The third-order valence-corrected chi connectivity index (χ3v) is 3.55. The van der Waals surface area contributed by atoms with Gasteiger partial charge in [-0.2, -0.15) is 0 Å². The van der Waals surface area contributed by atoms with E-state index in [-0.39, 0.29) is 0 Å². The van der Waals surface area contributed by atoms with E-state index < -0.39 is 0 Å². The Morgan fingerprint density at radius 2 is 1.94 bits per heavy atom. The van der Waals surface area contributed by atoms with Crippen LogP contribution in [0.5, 0.6) is 0 Å². The molecule has 18 heavy (non-hydrogen) atoms. The van der Waals surface area contributed by atoms with E-state index in [2.05, 4.69) is 52.2 Å². The maximum Gasteiger partial charge on any atom is 0.213 e. The molecular formula is C14H17BrN2O. The van der Waals surface area contributed by atoms with Crippen molar-refractivity contribution >= 4 is 21.6 Å². The number of aryl methyl sites for hydroxylation is 4. The molecule has 0 aliphatic carbocycles. The van der Waals surface area contributed by atoms with Crippen molar-refractivity contribution in [3.05, 3.63) is 45.1 Å². The van der Waals surface area contributed by atoms with Crippen LogP contribution in [0.2, 0.25) is 0 Å². The molecule has 1 aromatic heterocycles. The summed E-state index contributed by atoms with van der Waals surface area (Å²) in [6, 6.07) is 4.25. The second-order valence-electron chi connectivity index (χ2n) is 4.54. The van der Waals surface area contributed by atoms with Crippen LogP contribution in [-0.2, 0) is 6.54 Å². The van der Waals surface area contributed by atoms with Crippen LogP contribution in [0.15, 0.2) is 21.0 Å². The summed E-state index contributed by atoms with van der Waals surface area (Å²) in [5.41, 5.74) is 4.50. The largest absolute Gasteiger partial charge is 0.444 e. The molecule has 0 radical (unpaired) electrons. The van der Waals surface area contributed by atoms with E-state index in [1.807, 2.05) is 13.8 Å². The molecule has 2 aromatic rings. The summed E-state index contributed by atoms with van der Waals surface area (Å²) >= 11 is 3.58. The van der Waals surface area contributed by atoms with E-state index in [1.54, 1.807) is 0 Å². The Hall–Kier alpha value is -1.29. The number of halogens is 1. The van der Waals surface area contributed by atoms with E-state index in [1.165, 1.54) is 11.1 Å². The van der Waals surface area contributed by atoms with Gasteiger partial charge < -0.3 is 9.73 Å². The van der Waals surface area contributed by atoms with Gasteiger partial charge in [0.2, 0.25) is 5.89 Å². The molecule has 0 fully saturated rings. The Labute approximate surface area is 116 Å². The maximum atomic E-state index is 5.55. The lowest BCUT2D eigenvalue weighted by Gasteiger charge is -2.11. The average Bonchev–Trinajstić information content (AvgIpc) is 2.56. The Kier molecular flexibility index (Phi) is 3.76. The molecule has 0 bridgehead atoms. The molecule has 0 amide bonds. The van der Waals surface area contributed by atoms with Gasteiger partial charge in [0.05, 0.1) is 17.9 Å². The lowest BCUT2D eigenvalue weighted by atomic mass is 10.1. The monoisotopic (exact) mass is 308 g/mol. The van der Waals surface area contributed by atoms with Gasteiger partial charge >= 0.3 is 0 Å². The van der Waals surface area contributed by atoms with Crippen LogP contribution in [0, 0.1) is 27.7 Å². The zero-order chi connectivity index (χ0) is 13.3. The van der Waals surface area contributed by atoms with Crippen LogP contribution in [0.25, 0.3) is 0 Å². The zero-order valence-electron chi connectivity index (χ0n) is 11.1. The van der Waals surface area contributed by atoms with Crippen LogP contribution < -0.4 is 5.32 Å². The highest BCUT2D eigenvalue weighted by Gasteiger charge is 2.08. The number of benzene rings is 1. The summed E-state index contributed by atoms with van der Waals surface area (Å²) in [6.45, 7) is 8.65. The van der Waals surface area contributed by atoms with Gasteiger partial charge in [0.1, 0.15) is 5.76 Å². The maximum absolute atomic E-state index is 5.55. The minimum Gasteiger partial charge on any atom is -0.444 e. The highest BCUT2D eigenvalue weighted by Crippen LogP contribution is 2.28. The van der Waals surface area contributed by atoms with E-state index in [0.717, 1.165) is 27.5 Å². The van der Waals surface area contributed by atoms with Crippen molar-refractivity contribution in [1.29, 1.82) is 0 Å². The van der Waals surface area contributed by atoms with Crippen molar-refractivity contribution < 1.29 is 4.42 Å². The smallest absolute Gasteiger partial charge is 0.213 e.